The van der Waals surface area contributed by atoms with E-state index in [-0.39, 0.29) is 36.4 Å². The number of hydrogen-bond acceptors (Lipinski definition) is 4. The molecule has 1 amide bonds. The maximum Gasteiger partial charge on any atom is 0.416 e. The molecule has 0 saturated carbocycles. The molecule has 6 nitrogen and oxygen atoms in total. The van der Waals surface area contributed by atoms with Gasteiger partial charge in [0.25, 0.3) is 6.17 Å². The minimum Gasteiger partial charge on any atom is -0.336 e. The normalized spacial score (nSPS) is 28.2. The fraction of sp³-hybridized carbons (Fsp3) is 0.667. The number of likely N-dealkylation sites (tertiary alicyclic amines) is 1. The van der Waals surface area contributed by atoms with Gasteiger partial charge < -0.3 is 10.6 Å². The van der Waals surface area contributed by atoms with Crippen molar-refractivity contribution in [3.63, 3.8) is 0 Å². The molecule has 2 aliphatic rings. The van der Waals surface area contributed by atoms with Gasteiger partial charge in [0, 0.05) is 40.6 Å². The molecule has 0 spiro atoms. The van der Waals surface area contributed by atoms with Gasteiger partial charge in [0.1, 0.15) is 0 Å². The predicted molar refractivity (Wildman–Crippen MR) is 107 cm³/mol. The largest absolute Gasteiger partial charge is 0.416 e. The van der Waals surface area contributed by atoms with Gasteiger partial charge in [0.15, 0.2) is 0 Å². The number of benzene rings is 1. The number of nitrogens with zero attached hydrogens (tertiary/aromatic N) is 2. The lowest BCUT2D eigenvalue weighted by Crippen LogP contribution is -2.69. The summed E-state index contributed by atoms with van der Waals surface area (Å²) in [7, 11) is 0. The lowest BCUT2D eigenvalue weighted by atomic mass is 9.78. The third kappa shape index (κ3) is 4.67. The molecule has 0 aliphatic carbocycles. The number of nitroso groups, excluding NO2 is 1. The second kappa shape index (κ2) is 9.01. The van der Waals surface area contributed by atoms with E-state index < -0.39 is 17.9 Å². The predicted octanol–water partition coefficient (Wildman–Crippen LogP) is 2.69. The van der Waals surface area contributed by atoms with E-state index in [9.17, 15) is 22.9 Å². The van der Waals surface area contributed by atoms with Crippen molar-refractivity contribution < 1.29 is 22.7 Å². The number of nitrogens with one attached hydrogen (secondary N) is 1. The Morgan fingerprint density at radius 1 is 1.30 bits per heavy atom. The smallest absolute Gasteiger partial charge is 0.336 e. The highest BCUT2D eigenvalue weighted by molar-refractivity contribution is 5.75. The van der Waals surface area contributed by atoms with Crippen LogP contribution in [0.2, 0.25) is 0 Å². The molecule has 2 saturated heterocycles. The van der Waals surface area contributed by atoms with E-state index in [1.807, 2.05) is 6.92 Å². The van der Waals surface area contributed by atoms with E-state index in [1.54, 1.807) is 11.8 Å². The summed E-state index contributed by atoms with van der Waals surface area (Å²) in [6.07, 6.45) is -2.91. The number of rotatable bonds is 5. The number of carbonyl (C=O) groups is 1. The molecule has 2 aliphatic heterocycles. The van der Waals surface area contributed by atoms with Crippen LogP contribution in [0.3, 0.4) is 0 Å². The standard InChI is InChI=1S/C21H30F3N4O2/c1-3-16(25)20-15-9-10-27(19(29)4-2)12-17(15)28(30)18(26-20)11-13-5-7-14(8-6-13)21(22,23)24/h5-8,15-18,20,26H,3-4,9-12,25H2,1-2H3/q+1. The summed E-state index contributed by atoms with van der Waals surface area (Å²) in [5, 5.41) is 3.37. The molecule has 2 fully saturated rings. The summed E-state index contributed by atoms with van der Waals surface area (Å²) in [4.78, 5) is 27.1. The Balaban J connectivity index is 1.80. The minimum absolute atomic E-state index is 0.0241. The molecular weight excluding hydrogens is 397 g/mol. The van der Waals surface area contributed by atoms with Gasteiger partial charge >= 0.3 is 6.18 Å². The van der Waals surface area contributed by atoms with Gasteiger partial charge in [-0.15, -0.1) is 0 Å². The van der Waals surface area contributed by atoms with Crippen molar-refractivity contribution >= 4 is 5.91 Å². The van der Waals surface area contributed by atoms with Crippen LogP contribution in [0.5, 0.6) is 0 Å². The summed E-state index contributed by atoms with van der Waals surface area (Å²) >= 11 is 0. The van der Waals surface area contributed by atoms with Crippen LogP contribution in [-0.4, -0.2) is 52.9 Å². The van der Waals surface area contributed by atoms with Crippen LogP contribution < -0.4 is 11.1 Å². The van der Waals surface area contributed by atoms with E-state index in [1.165, 1.54) is 12.1 Å². The fourth-order valence-electron chi connectivity index (χ4n) is 4.64. The molecule has 3 N–H and O–H groups in total. The van der Waals surface area contributed by atoms with Crippen LogP contribution in [0, 0.1) is 10.8 Å². The van der Waals surface area contributed by atoms with Crippen LogP contribution in [0.15, 0.2) is 24.3 Å². The van der Waals surface area contributed by atoms with Crippen LogP contribution in [0.25, 0.3) is 0 Å². The number of nitrogens with two attached hydrogens (primary N) is 1. The highest BCUT2D eigenvalue weighted by Crippen LogP contribution is 2.32. The van der Waals surface area contributed by atoms with Crippen LogP contribution >= 0.6 is 0 Å². The van der Waals surface area contributed by atoms with E-state index in [0.29, 0.717) is 31.5 Å². The van der Waals surface area contributed by atoms with Crippen LogP contribution in [0.4, 0.5) is 13.2 Å². The number of amides is 1. The number of carbonyl (C=O) groups excluding carboxylic acids is 1. The lowest BCUT2D eigenvalue weighted by Gasteiger charge is -2.44. The Bertz CT molecular complexity index is 769. The monoisotopic (exact) mass is 427 g/mol. The molecular formula is C21H30F3N4O2+. The molecule has 5 unspecified atom stereocenters. The van der Waals surface area contributed by atoms with Crippen molar-refractivity contribution in [2.24, 2.45) is 11.7 Å². The summed E-state index contributed by atoms with van der Waals surface area (Å²) < 4.78 is 39.5. The Hall–Kier alpha value is -2.00. The number of piperidine rings is 1. The Kier molecular flexibility index (Phi) is 6.81. The molecule has 9 heteroatoms. The Labute approximate surface area is 174 Å². The van der Waals surface area contributed by atoms with Crippen molar-refractivity contribution in [1.82, 2.24) is 10.2 Å². The van der Waals surface area contributed by atoms with Gasteiger partial charge in [0.2, 0.25) is 11.9 Å². The summed E-state index contributed by atoms with van der Waals surface area (Å²) in [6, 6.07) is 4.29. The highest BCUT2D eigenvalue weighted by Gasteiger charge is 2.53. The molecule has 166 valence electrons. The first-order valence-electron chi connectivity index (χ1n) is 10.6. The van der Waals surface area contributed by atoms with E-state index in [4.69, 9.17) is 5.73 Å². The summed E-state index contributed by atoms with van der Waals surface area (Å²) in [6.45, 7) is 4.76. The number of halogens is 3. The van der Waals surface area contributed by atoms with Gasteiger partial charge in [-0.05, 0) is 30.5 Å². The van der Waals surface area contributed by atoms with Crippen molar-refractivity contribution in [1.29, 1.82) is 0 Å². The van der Waals surface area contributed by atoms with E-state index in [0.717, 1.165) is 23.3 Å². The molecule has 0 bridgehead atoms. The second-order valence-corrected chi connectivity index (χ2v) is 8.25. The number of fused-ring (bicyclic) bond motifs is 1. The maximum atomic E-state index is 13.2. The topological polar surface area (TPSA) is 78.4 Å². The number of hydrogen-bond donors (Lipinski definition) is 2. The lowest BCUT2D eigenvalue weighted by molar-refractivity contribution is -0.648. The molecule has 1 aromatic rings. The minimum atomic E-state index is -4.39. The average molecular weight is 427 g/mol. The number of alkyl halides is 3. The second-order valence-electron chi connectivity index (χ2n) is 8.25. The molecule has 2 heterocycles. The zero-order valence-electron chi connectivity index (χ0n) is 17.4. The van der Waals surface area contributed by atoms with Crippen molar-refractivity contribution in [2.45, 2.75) is 70.0 Å². The first kappa shape index (κ1) is 22.7. The third-order valence-electron chi connectivity index (χ3n) is 6.41. The van der Waals surface area contributed by atoms with Gasteiger partial charge in [-0.2, -0.15) is 13.2 Å². The molecule has 0 aromatic heterocycles. The summed E-state index contributed by atoms with van der Waals surface area (Å²) in [5.74, 6) is 0.0539. The quantitative estimate of drug-likeness (QED) is 0.709. The average Bonchev–Trinajstić information content (AvgIpc) is 2.74. The van der Waals surface area contributed by atoms with Crippen LogP contribution in [0.1, 0.15) is 44.2 Å². The van der Waals surface area contributed by atoms with Gasteiger partial charge in [-0.1, -0.05) is 26.0 Å². The fourth-order valence-corrected chi connectivity index (χ4v) is 4.64. The van der Waals surface area contributed by atoms with Crippen LogP contribution in [-0.2, 0) is 17.4 Å². The SMILES string of the molecule is CCC(=O)N1CCC2C(C(N)CC)NC(Cc3ccc(C(F)(F)F)cc3)[N+](=O)C2C1. The first-order chi connectivity index (χ1) is 14.2. The Morgan fingerprint density at radius 2 is 1.97 bits per heavy atom. The molecule has 5 atom stereocenters. The highest BCUT2D eigenvalue weighted by atomic mass is 19.4. The maximum absolute atomic E-state index is 13.2. The van der Waals surface area contributed by atoms with E-state index in [2.05, 4.69) is 5.32 Å². The third-order valence-corrected chi connectivity index (χ3v) is 6.41. The molecule has 30 heavy (non-hydrogen) atoms. The molecule has 0 radical (unpaired) electrons. The first-order valence-corrected chi connectivity index (χ1v) is 10.6. The zero-order chi connectivity index (χ0) is 22.1. The van der Waals surface area contributed by atoms with Crippen molar-refractivity contribution in [3.8, 4) is 0 Å². The molecule has 1 aromatic carbocycles. The molecule has 3 rings (SSSR count). The van der Waals surface area contributed by atoms with Crippen molar-refractivity contribution in [3.05, 3.63) is 40.3 Å². The van der Waals surface area contributed by atoms with Gasteiger partial charge in [-0.25, -0.2) is 0 Å². The van der Waals surface area contributed by atoms with Gasteiger partial charge in [0.05, 0.1) is 18.5 Å². The summed E-state index contributed by atoms with van der Waals surface area (Å²) in [5.41, 5.74) is 6.28. The van der Waals surface area contributed by atoms with Gasteiger partial charge in [-0.3, -0.25) is 10.1 Å². The zero-order valence-corrected chi connectivity index (χ0v) is 17.4. The van der Waals surface area contributed by atoms with E-state index >= 15 is 0 Å². The van der Waals surface area contributed by atoms with Crippen molar-refractivity contribution in [2.75, 3.05) is 13.1 Å². The Morgan fingerprint density at radius 3 is 2.53 bits per heavy atom.